The van der Waals surface area contributed by atoms with Crippen LogP contribution in [0.3, 0.4) is 0 Å². The van der Waals surface area contributed by atoms with Crippen molar-refractivity contribution in [1.82, 2.24) is 15.0 Å². The van der Waals surface area contributed by atoms with Crippen molar-refractivity contribution in [3.05, 3.63) is 109 Å². The Bertz CT molecular complexity index is 1930. The van der Waals surface area contributed by atoms with Crippen molar-refractivity contribution in [2.24, 2.45) is 5.41 Å². The first kappa shape index (κ1) is 36.7. The number of pyridine rings is 3. The second kappa shape index (κ2) is 15.0. The normalized spacial score (nSPS) is 12.0. The molecule has 1 radical (unpaired) electrons. The quantitative estimate of drug-likeness (QED) is 0.119. The van der Waals surface area contributed by atoms with Gasteiger partial charge in [0, 0.05) is 37.9 Å². The van der Waals surface area contributed by atoms with Crippen LogP contribution >= 0.6 is 0 Å². The predicted molar refractivity (Wildman–Crippen MR) is 196 cm³/mol. The molecule has 6 aromatic rings. The summed E-state index contributed by atoms with van der Waals surface area (Å²) in [6, 6.07) is 29.2. The van der Waals surface area contributed by atoms with E-state index >= 15 is 0 Å². The van der Waals surface area contributed by atoms with Crippen LogP contribution in [0.5, 0.6) is 0 Å². The molecule has 0 bridgehead atoms. The third kappa shape index (κ3) is 8.49. The Hall–Kier alpha value is -3.12. The van der Waals surface area contributed by atoms with Crippen LogP contribution in [0.25, 0.3) is 44.6 Å². The Morgan fingerprint density at radius 3 is 2.19 bits per heavy atom. The van der Waals surface area contributed by atoms with E-state index in [2.05, 4.69) is 111 Å². The molecule has 0 saturated heterocycles. The second-order valence-electron chi connectivity index (χ2n) is 14.7. The zero-order valence-corrected chi connectivity index (χ0v) is 33.8. The van der Waals surface area contributed by atoms with Crippen molar-refractivity contribution in [2.75, 3.05) is 0 Å². The van der Waals surface area contributed by atoms with E-state index in [0.29, 0.717) is 11.1 Å². The summed E-state index contributed by atoms with van der Waals surface area (Å²) in [7, 11) is 0. The van der Waals surface area contributed by atoms with Gasteiger partial charge in [-0.3, -0.25) is 0 Å². The molecule has 0 aliphatic rings. The Morgan fingerprint density at radius 1 is 0.766 bits per heavy atom. The van der Waals surface area contributed by atoms with Crippen LogP contribution in [0.2, 0.25) is 17.3 Å². The molecule has 0 amide bonds. The van der Waals surface area contributed by atoms with Gasteiger partial charge in [0.05, 0.1) is 5.58 Å². The predicted octanol–water partition coefficient (Wildman–Crippen LogP) is 10.6. The van der Waals surface area contributed by atoms with E-state index in [-0.39, 0.29) is 25.5 Å². The first-order valence-corrected chi connectivity index (χ1v) is 23.8. The van der Waals surface area contributed by atoms with E-state index in [1.807, 2.05) is 48.7 Å². The number of nitrogens with zero attached hydrogens (tertiary/aromatic N) is 3. The topological polar surface area (TPSA) is 51.8 Å². The fourth-order valence-electron chi connectivity index (χ4n) is 5.96. The molecule has 247 valence electrons. The van der Waals surface area contributed by atoms with Crippen molar-refractivity contribution in [1.29, 1.82) is 0 Å². The molecule has 6 heteroatoms. The zero-order chi connectivity index (χ0) is 33.1. The summed E-state index contributed by atoms with van der Waals surface area (Å²) in [6.07, 6.45) is 9.07. The summed E-state index contributed by atoms with van der Waals surface area (Å²) in [5, 5.41) is 2.08. The number of hydrogen-bond donors (Lipinski definition) is 0. The van der Waals surface area contributed by atoms with Gasteiger partial charge in [0.2, 0.25) is 5.71 Å². The smallest absolute Gasteiger partial charge is 0.216 e. The van der Waals surface area contributed by atoms with Gasteiger partial charge in [-0.1, -0.05) is 37.8 Å². The van der Waals surface area contributed by atoms with Crippen LogP contribution in [0.4, 0.5) is 0 Å². The van der Waals surface area contributed by atoms with Gasteiger partial charge in [-0.15, -0.1) is 18.2 Å². The molecule has 0 saturated carbocycles. The summed E-state index contributed by atoms with van der Waals surface area (Å²) in [4.78, 5) is 13.7. The number of fused-ring (bicyclic) bond motifs is 3. The average Bonchev–Trinajstić information content (AvgIpc) is 3.43. The van der Waals surface area contributed by atoms with Gasteiger partial charge in [0.15, 0.2) is 0 Å². The summed E-state index contributed by atoms with van der Waals surface area (Å²) in [5.74, 6) is 7.33. The van der Waals surface area contributed by atoms with Crippen LogP contribution in [-0.4, -0.2) is 28.2 Å². The third-order valence-electron chi connectivity index (χ3n) is 8.99. The Kier molecular flexibility index (Phi) is 11.7. The molecule has 2 aromatic carbocycles. The second-order valence-corrected chi connectivity index (χ2v) is 25.3. The van der Waals surface area contributed by atoms with Gasteiger partial charge in [0.1, 0.15) is 0 Å². The summed E-state index contributed by atoms with van der Waals surface area (Å²) >= 11 is -1.90. The van der Waals surface area contributed by atoms with Crippen molar-refractivity contribution in [3.63, 3.8) is 0 Å². The Morgan fingerprint density at radius 2 is 1.53 bits per heavy atom. The molecular formula is C41H47GeIrN3O-2. The third-order valence-corrected chi connectivity index (χ3v) is 13.3. The number of aromatic nitrogens is 3. The van der Waals surface area contributed by atoms with E-state index in [1.165, 1.54) is 15.5 Å². The van der Waals surface area contributed by atoms with Crippen molar-refractivity contribution in [3.8, 4) is 22.5 Å². The fourth-order valence-corrected chi connectivity index (χ4v) is 9.26. The van der Waals surface area contributed by atoms with Crippen molar-refractivity contribution >= 4 is 39.7 Å². The summed E-state index contributed by atoms with van der Waals surface area (Å²) in [5.41, 5.74) is 8.62. The molecule has 0 N–H and O–H groups in total. The van der Waals surface area contributed by atoms with E-state index in [1.54, 1.807) is 6.20 Å². The molecule has 0 atom stereocenters. The molecule has 0 unspecified atom stereocenters. The molecule has 47 heavy (non-hydrogen) atoms. The van der Waals surface area contributed by atoms with Crippen LogP contribution in [0.1, 0.15) is 65.5 Å². The Balaban J connectivity index is 0.000000212. The largest absolute Gasteiger partial charge is 0.486 e. The maximum atomic E-state index is 6.03. The molecule has 6 rings (SSSR count). The molecule has 0 fully saturated rings. The number of rotatable bonds is 7. The maximum absolute atomic E-state index is 6.03. The average molecular weight is 863 g/mol. The van der Waals surface area contributed by atoms with Crippen LogP contribution in [0.15, 0.2) is 89.7 Å². The van der Waals surface area contributed by atoms with Gasteiger partial charge in [-0.2, -0.15) is 0 Å². The number of benzene rings is 2. The van der Waals surface area contributed by atoms with Crippen LogP contribution in [0, 0.1) is 17.5 Å². The summed E-state index contributed by atoms with van der Waals surface area (Å²) in [6.45, 7) is 13.7. The standard InChI is InChI=1S/C22H21N2O.C19H26GeN.Ir/c1-4-22(3,5-2)15-11-13-23-19(14-15)18-9-6-8-16-17-10-7-12-24-21(17)25-20(16)18;1-19(2,3)13-16-12-18(15-10-8-7-9-11-15)21-14-17(16)20(4,5)6;/h6-8,10-14H,4-5H2,1-3H3;7-10,12,14H,13H2,1-6H3;/q2*-1;. The zero-order valence-electron chi connectivity index (χ0n) is 29.3. The molecule has 4 heterocycles. The van der Waals surface area contributed by atoms with Crippen molar-refractivity contribution in [2.45, 2.75) is 83.5 Å². The van der Waals surface area contributed by atoms with Crippen LogP contribution < -0.4 is 4.40 Å². The van der Waals surface area contributed by atoms with Gasteiger partial charge in [-0.25, -0.2) is 4.98 Å². The van der Waals surface area contributed by atoms with E-state index in [0.717, 1.165) is 58.1 Å². The SMILES string of the molecule is CC(C)(C)Cc1cc(-c2[c-]cccc2)nc[c]1[Ge]([CH3])([CH3])[CH3].CCC(C)(CC)c1ccnc(-c2[c-]ccc3c2oc2ncccc23)c1.[Ir]. The minimum Gasteiger partial charge on any atom is -0.486 e. The number of hydrogen-bond acceptors (Lipinski definition) is 4. The first-order chi connectivity index (χ1) is 21.8. The van der Waals surface area contributed by atoms with Gasteiger partial charge in [-0.05, 0) is 47.7 Å². The Labute approximate surface area is 297 Å². The first-order valence-electron chi connectivity index (χ1n) is 16.4. The van der Waals surface area contributed by atoms with Gasteiger partial charge < -0.3 is 9.40 Å². The van der Waals surface area contributed by atoms with E-state index in [4.69, 9.17) is 9.40 Å². The molecule has 0 aliphatic heterocycles. The fraction of sp³-hybridized carbons (Fsp3) is 0.341. The molecule has 4 nitrogen and oxygen atoms in total. The van der Waals surface area contributed by atoms with Crippen molar-refractivity contribution < 1.29 is 24.5 Å². The molecule has 0 aliphatic carbocycles. The maximum Gasteiger partial charge on any atom is 0.216 e. The molecule has 0 spiro atoms. The van der Waals surface area contributed by atoms with E-state index in [9.17, 15) is 0 Å². The van der Waals surface area contributed by atoms with E-state index < -0.39 is 13.3 Å². The molecular weight excluding hydrogens is 815 g/mol. The number of furan rings is 1. The molecule has 4 aromatic heterocycles. The minimum atomic E-state index is -1.90. The van der Waals surface area contributed by atoms with Crippen LogP contribution in [-0.2, 0) is 31.9 Å². The summed E-state index contributed by atoms with van der Waals surface area (Å²) < 4.78 is 7.57. The monoisotopic (exact) mass is 864 g/mol. The van der Waals surface area contributed by atoms with Gasteiger partial charge >= 0.3 is 132 Å². The van der Waals surface area contributed by atoms with Gasteiger partial charge in [0.25, 0.3) is 0 Å². The minimum absolute atomic E-state index is 0.